The second kappa shape index (κ2) is 23.5. The van der Waals surface area contributed by atoms with Gasteiger partial charge in [-0.05, 0) is 149 Å². The molecule has 4 fully saturated rings. The Bertz CT molecular complexity index is 2470. The largest absolute Gasteiger partial charge is 0.495 e. The van der Waals surface area contributed by atoms with Crippen molar-refractivity contribution in [2.24, 2.45) is 0 Å². The number of rotatable bonds is 10. The Hall–Kier alpha value is -3.67. The SMILES string of the molecule is C1CCOC1.CN1CCN(S(=O)(=O)c2ccc(Oc3ccc(B4OC(C)(C)C(C)(C)O4)c(CO)c3)cc2)CC1.CN1CCN(S(=O)(=O)c2ccc(Oc3ccc4c(c3)COB4O)cc2)CC1.Cl.F. The molecule has 5 aliphatic rings. The van der Waals surface area contributed by atoms with E-state index in [2.05, 4.69) is 9.80 Å². The van der Waals surface area contributed by atoms with Crippen molar-refractivity contribution in [2.75, 3.05) is 79.7 Å². The quantitative estimate of drug-likeness (QED) is 0.216. The van der Waals surface area contributed by atoms with Gasteiger partial charge in [0.15, 0.2) is 0 Å². The highest BCUT2D eigenvalue weighted by Gasteiger charge is 2.52. The molecule has 0 aliphatic carbocycles. The number of ether oxygens (including phenoxy) is 3. The van der Waals surface area contributed by atoms with Crippen LogP contribution in [0.15, 0.2) is 94.7 Å². The van der Waals surface area contributed by atoms with Gasteiger partial charge in [-0.25, -0.2) is 16.8 Å². The number of hydrogen-bond donors (Lipinski definition) is 2. The van der Waals surface area contributed by atoms with Crippen LogP contribution < -0.4 is 20.4 Å². The summed E-state index contributed by atoms with van der Waals surface area (Å²) < 4.78 is 88.5. The first-order valence-corrected chi connectivity index (χ1v) is 25.3. The maximum Gasteiger partial charge on any atom is 0.495 e. The minimum absolute atomic E-state index is 0. The molecular weight excluding hydrogens is 941 g/mol. The van der Waals surface area contributed by atoms with E-state index in [9.17, 15) is 27.0 Å². The second-order valence-corrected chi connectivity index (χ2v) is 21.9. The lowest BCUT2D eigenvalue weighted by Crippen LogP contribution is -2.46. The van der Waals surface area contributed by atoms with Crippen molar-refractivity contribution in [3.8, 4) is 23.0 Å². The molecule has 0 spiro atoms. The predicted molar refractivity (Wildman–Crippen MR) is 262 cm³/mol. The molecule has 68 heavy (non-hydrogen) atoms. The third kappa shape index (κ3) is 13.2. The van der Waals surface area contributed by atoms with E-state index in [0.29, 0.717) is 61.3 Å². The fourth-order valence-corrected chi connectivity index (χ4v) is 10.6. The average molecular weight is 1010 g/mol. The molecule has 5 heterocycles. The fourth-order valence-electron chi connectivity index (χ4n) is 7.75. The highest BCUT2D eigenvalue weighted by Crippen LogP contribution is 2.37. The zero-order valence-corrected chi connectivity index (χ0v) is 42.0. The number of aliphatic hydroxyl groups is 1. The first-order chi connectivity index (χ1) is 31.4. The highest BCUT2D eigenvalue weighted by molar-refractivity contribution is 7.89. The van der Waals surface area contributed by atoms with E-state index in [0.717, 1.165) is 55.9 Å². The van der Waals surface area contributed by atoms with Crippen LogP contribution in [0.1, 0.15) is 51.7 Å². The number of piperazine rings is 2. The Kier molecular flexibility index (Phi) is 19.1. The Morgan fingerprint density at radius 3 is 1.44 bits per heavy atom. The zero-order chi connectivity index (χ0) is 47.3. The van der Waals surface area contributed by atoms with E-state index in [1.165, 1.54) is 21.5 Å². The number of sulfonamides is 2. The van der Waals surface area contributed by atoms with E-state index in [1.807, 2.05) is 53.9 Å². The van der Waals surface area contributed by atoms with Gasteiger partial charge in [0.1, 0.15) is 23.0 Å². The zero-order valence-electron chi connectivity index (χ0n) is 39.5. The molecule has 0 bridgehead atoms. The van der Waals surface area contributed by atoms with E-state index in [-0.39, 0.29) is 33.5 Å². The van der Waals surface area contributed by atoms with Crippen molar-refractivity contribution >= 4 is 57.6 Å². The van der Waals surface area contributed by atoms with Crippen LogP contribution in [0.5, 0.6) is 23.0 Å². The van der Waals surface area contributed by atoms with Gasteiger partial charge < -0.3 is 48.1 Å². The Morgan fingerprint density at radius 1 is 0.618 bits per heavy atom. The number of aliphatic hydroxyl groups excluding tert-OH is 1. The van der Waals surface area contributed by atoms with Gasteiger partial charge in [0, 0.05) is 65.6 Å². The third-order valence-corrected chi connectivity index (χ3v) is 16.5. The number of nitrogens with zero attached hydrogens (tertiary/aromatic N) is 4. The molecule has 0 amide bonds. The lowest BCUT2D eigenvalue weighted by Gasteiger charge is -2.32. The Morgan fingerprint density at radius 2 is 1.03 bits per heavy atom. The van der Waals surface area contributed by atoms with Gasteiger partial charge in [-0.3, -0.25) is 4.70 Å². The van der Waals surface area contributed by atoms with Crippen molar-refractivity contribution in [2.45, 2.75) is 74.7 Å². The highest BCUT2D eigenvalue weighted by atomic mass is 35.5. The van der Waals surface area contributed by atoms with Crippen molar-refractivity contribution in [3.05, 3.63) is 96.1 Å². The van der Waals surface area contributed by atoms with Crippen LogP contribution >= 0.6 is 12.4 Å². The van der Waals surface area contributed by atoms with E-state index < -0.39 is 45.5 Å². The summed E-state index contributed by atoms with van der Waals surface area (Å²) in [4.78, 5) is 4.74. The van der Waals surface area contributed by atoms with Crippen molar-refractivity contribution in [1.29, 1.82) is 0 Å². The van der Waals surface area contributed by atoms with E-state index >= 15 is 0 Å². The van der Waals surface area contributed by atoms with Gasteiger partial charge in [0.25, 0.3) is 0 Å². The smallest absolute Gasteiger partial charge is 0.457 e. The summed E-state index contributed by atoms with van der Waals surface area (Å²) in [6.07, 6.45) is 2.56. The molecule has 22 heteroatoms. The third-order valence-electron chi connectivity index (χ3n) is 12.7. The summed E-state index contributed by atoms with van der Waals surface area (Å²) in [5.74, 6) is 2.19. The monoisotopic (exact) mass is 1000 g/mol. The number of hydrogen-bond acceptors (Lipinski definition) is 14. The maximum atomic E-state index is 12.9. The van der Waals surface area contributed by atoms with Crippen LogP contribution in [0.4, 0.5) is 4.70 Å². The number of fused-ring (bicyclic) bond motifs is 1. The van der Waals surface area contributed by atoms with Crippen molar-refractivity contribution in [1.82, 2.24) is 18.4 Å². The molecule has 0 radical (unpaired) electrons. The minimum atomic E-state index is -3.53. The lowest BCUT2D eigenvalue weighted by atomic mass is 9.76. The lowest BCUT2D eigenvalue weighted by molar-refractivity contribution is 0.00578. The van der Waals surface area contributed by atoms with Gasteiger partial charge in [-0.2, -0.15) is 8.61 Å². The van der Waals surface area contributed by atoms with Gasteiger partial charge in [-0.1, -0.05) is 12.1 Å². The second-order valence-electron chi connectivity index (χ2n) is 18.0. The molecule has 0 unspecified atom stereocenters. The number of benzene rings is 4. The fraction of sp³-hybridized carbons (Fsp3) is 0.478. The molecule has 4 aromatic carbocycles. The van der Waals surface area contributed by atoms with Crippen LogP contribution in [0, 0.1) is 0 Å². The van der Waals surface area contributed by atoms with E-state index in [1.54, 1.807) is 72.8 Å². The van der Waals surface area contributed by atoms with Crippen LogP contribution in [0.2, 0.25) is 0 Å². The molecule has 0 saturated carbocycles. The minimum Gasteiger partial charge on any atom is -0.457 e. The molecule has 0 aromatic heterocycles. The summed E-state index contributed by atoms with van der Waals surface area (Å²) in [6.45, 7) is 14.9. The first-order valence-electron chi connectivity index (χ1n) is 22.4. The molecule has 5 aliphatic heterocycles. The van der Waals surface area contributed by atoms with Crippen LogP contribution in [0.25, 0.3) is 0 Å². The molecule has 2 N–H and O–H groups in total. The molecule has 4 aromatic rings. The predicted octanol–water partition coefficient (Wildman–Crippen LogP) is 4.21. The van der Waals surface area contributed by atoms with Crippen molar-refractivity contribution < 1.29 is 59.8 Å². The molecule has 0 atom stereocenters. The summed E-state index contributed by atoms with van der Waals surface area (Å²) in [7, 11) is -4.50. The Balaban J connectivity index is 0.000000228. The molecule has 16 nitrogen and oxygen atoms in total. The van der Waals surface area contributed by atoms with Gasteiger partial charge in [0.05, 0.1) is 34.2 Å². The molecular formula is C46H64B2ClFN4O12S2. The maximum absolute atomic E-state index is 12.9. The van der Waals surface area contributed by atoms with Gasteiger partial charge >= 0.3 is 14.2 Å². The summed E-state index contributed by atoms with van der Waals surface area (Å²) in [5.41, 5.74) is 2.06. The first kappa shape index (κ1) is 55.3. The van der Waals surface area contributed by atoms with E-state index in [4.69, 9.17) is 28.2 Å². The number of halogens is 2. The standard InChI is InChI=1S/C24H33BN2O6S.C18H21BN2O5S.C4H8O.ClH.FH/c1-23(2)24(3,4)33-25(32-23)22-11-8-20(16-18(22)17-28)31-19-6-9-21(10-7-19)34(29,30)27-14-12-26(5)13-15-27;1-20-8-10-21(11-9-20)27(23,24)17-5-2-15(3-6-17)26-16-4-7-18-14(12-16)13-25-19(18)22;1-2-4-5-3-1;;/h6-11,16,28H,12-15,17H2,1-5H3;2-7,12,22H,8-11,13H2,1H3;1-4H2;2*1H. The normalized spacial score (nSPS) is 19.6. The van der Waals surface area contributed by atoms with Crippen LogP contribution in [0.3, 0.4) is 0 Å². The molecule has 4 saturated heterocycles. The summed E-state index contributed by atoms with van der Waals surface area (Å²) >= 11 is 0. The van der Waals surface area contributed by atoms with Gasteiger partial charge in [0.2, 0.25) is 20.0 Å². The van der Waals surface area contributed by atoms with Crippen LogP contribution in [-0.2, 0) is 52.0 Å². The average Bonchev–Trinajstić information content (AvgIpc) is 4.05. The Labute approximate surface area is 407 Å². The molecule has 9 rings (SSSR count). The van der Waals surface area contributed by atoms with Crippen LogP contribution in [-0.4, -0.2) is 150 Å². The summed E-state index contributed by atoms with van der Waals surface area (Å²) in [6, 6.07) is 23.6. The van der Waals surface area contributed by atoms with Gasteiger partial charge in [-0.15, -0.1) is 12.4 Å². The molecule has 372 valence electrons. The topological polar surface area (TPSA) is 177 Å². The van der Waals surface area contributed by atoms with Crippen molar-refractivity contribution in [3.63, 3.8) is 0 Å². The number of likely N-dealkylation sites (N-methyl/N-ethyl adjacent to an activating group) is 2. The summed E-state index contributed by atoms with van der Waals surface area (Å²) in [5, 5.41) is 19.6.